The average Bonchev–Trinajstić information content (AvgIpc) is 3.46. The number of nitrogens with zero attached hydrogens (tertiary/aromatic N) is 5. The highest BCUT2D eigenvalue weighted by molar-refractivity contribution is 6.04. The van der Waals surface area contributed by atoms with E-state index in [2.05, 4.69) is 25.2 Å². The number of carbonyl (C=O) groups excluding carboxylic acids is 2. The molecule has 0 unspecified atom stereocenters. The average molecular weight is 500 g/mol. The highest BCUT2D eigenvalue weighted by atomic mass is 19.4. The van der Waals surface area contributed by atoms with Gasteiger partial charge in [-0.15, -0.1) is 0 Å². The van der Waals surface area contributed by atoms with Crippen molar-refractivity contribution in [3.8, 4) is 11.4 Å². The molecule has 1 aliphatic rings. The summed E-state index contributed by atoms with van der Waals surface area (Å²) in [6, 6.07) is 6.98. The number of pyridine rings is 1. The normalized spacial score (nSPS) is 14.1. The van der Waals surface area contributed by atoms with E-state index in [0.717, 1.165) is 23.9 Å². The fourth-order valence-corrected chi connectivity index (χ4v) is 3.84. The van der Waals surface area contributed by atoms with Gasteiger partial charge in [-0.2, -0.15) is 18.2 Å². The third kappa shape index (κ3) is 4.23. The number of hydrogen-bond donors (Lipinski definition) is 1. The van der Waals surface area contributed by atoms with Gasteiger partial charge in [0.05, 0.1) is 24.8 Å². The number of benzene rings is 1. The van der Waals surface area contributed by atoms with Gasteiger partial charge in [-0.25, -0.2) is 9.78 Å². The van der Waals surface area contributed by atoms with E-state index in [1.165, 1.54) is 22.6 Å². The third-order valence-electron chi connectivity index (χ3n) is 5.92. The third-order valence-corrected chi connectivity index (χ3v) is 5.92. The molecule has 1 fully saturated rings. The van der Waals surface area contributed by atoms with E-state index in [1.807, 2.05) is 0 Å². The van der Waals surface area contributed by atoms with Crippen LogP contribution in [0.15, 0.2) is 47.2 Å². The lowest BCUT2D eigenvalue weighted by Gasteiger charge is -2.35. The number of methoxy groups -OCH3 is 1. The summed E-state index contributed by atoms with van der Waals surface area (Å²) >= 11 is 0. The predicted octanol–water partition coefficient (Wildman–Crippen LogP) is 4.13. The Balaban J connectivity index is 1.34. The van der Waals surface area contributed by atoms with Crippen molar-refractivity contribution in [2.45, 2.75) is 19.0 Å². The molecule has 1 saturated heterocycles. The van der Waals surface area contributed by atoms with Crippen LogP contribution in [0.4, 0.5) is 23.7 Å². The van der Waals surface area contributed by atoms with Crippen molar-refractivity contribution in [3.05, 3.63) is 65.4 Å². The van der Waals surface area contributed by atoms with Crippen molar-refractivity contribution in [1.29, 1.82) is 0 Å². The van der Waals surface area contributed by atoms with Crippen LogP contribution < -0.4 is 5.32 Å². The Kier molecular flexibility index (Phi) is 5.61. The maximum absolute atomic E-state index is 13.0. The summed E-state index contributed by atoms with van der Waals surface area (Å²) in [5.74, 6) is 0.0587. The Labute approximate surface area is 201 Å². The number of aromatic nitrogens is 4. The summed E-state index contributed by atoms with van der Waals surface area (Å²) < 4.78 is 50.2. The molecular weight excluding hydrogens is 481 g/mol. The number of imidazole rings is 1. The van der Waals surface area contributed by atoms with Gasteiger partial charge < -0.3 is 19.5 Å². The van der Waals surface area contributed by atoms with Crippen LogP contribution >= 0.6 is 0 Å². The summed E-state index contributed by atoms with van der Waals surface area (Å²) in [5, 5.41) is 6.78. The predicted molar refractivity (Wildman–Crippen MR) is 119 cm³/mol. The molecule has 36 heavy (non-hydrogen) atoms. The molecule has 13 heteroatoms. The van der Waals surface area contributed by atoms with Crippen molar-refractivity contribution in [2.24, 2.45) is 0 Å². The molecule has 10 nitrogen and oxygen atoms in total. The molecule has 5 rings (SSSR count). The number of anilines is 1. The van der Waals surface area contributed by atoms with Crippen molar-refractivity contribution < 1.29 is 32.0 Å². The minimum Gasteiger partial charge on any atom is -0.453 e. The molecule has 4 heterocycles. The van der Waals surface area contributed by atoms with Gasteiger partial charge in [0.2, 0.25) is 11.7 Å². The lowest BCUT2D eigenvalue weighted by Crippen LogP contribution is -2.48. The van der Waals surface area contributed by atoms with Gasteiger partial charge >= 0.3 is 12.3 Å². The number of carbonyl (C=O) groups is 2. The molecule has 0 spiro atoms. The van der Waals surface area contributed by atoms with Gasteiger partial charge in [0.25, 0.3) is 5.91 Å². The summed E-state index contributed by atoms with van der Waals surface area (Å²) in [6.07, 6.45) is -2.56. The van der Waals surface area contributed by atoms with E-state index >= 15 is 0 Å². The highest BCUT2D eigenvalue weighted by Gasteiger charge is 2.36. The number of alkyl halides is 3. The molecule has 0 aliphatic carbocycles. The molecule has 186 valence electrons. The maximum atomic E-state index is 13.0. The second-order valence-electron chi connectivity index (χ2n) is 8.30. The van der Waals surface area contributed by atoms with Gasteiger partial charge in [0.15, 0.2) is 0 Å². The fourth-order valence-electron chi connectivity index (χ4n) is 3.84. The molecule has 0 bridgehead atoms. The first-order chi connectivity index (χ1) is 17.1. The Morgan fingerprint density at radius 2 is 1.97 bits per heavy atom. The van der Waals surface area contributed by atoms with E-state index in [4.69, 9.17) is 4.52 Å². The Hall–Kier alpha value is -4.42. The van der Waals surface area contributed by atoms with Crippen LogP contribution in [0, 0.1) is 6.92 Å². The second kappa shape index (κ2) is 8.66. The molecule has 1 aliphatic heterocycles. The number of hydrogen-bond acceptors (Lipinski definition) is 7. The Morgan fingerprint density at radius 1 is 1.19 bits per heavy atom. The second-order valence-corrected chi connectivity index (χ2v) is 8.30. The summed E-state index contributed by atoms with van der Waals surface area (Å²) in [5.41, 5.74) is 1.02. The summed E-state index contributed by atoms with van der Waals surface area (Å²) in [4.78, 5) is 34.3. The number of amides is 2. The van der Waals surface area contributed by atoms with Crippen molar-refractivity contribution in [2.75, 3.05) is 25.5 Å². The molecule has 0 radical (unpaired) electrons. The first-order valence-corrected chi connectivity index (χ1v) is 10.8. The molecule has 1 N–H and O–H groups in total. The number of likely N-dealkylation sites (tertiary alicyclic amines) is 1. The Morgan fingerprint density at radius 3 is 2.69 bits per heavy atom. The van der Waals surface area contributed by atoms with Crippen molar-refractivity contribution in [1.82, 2.24) is 24.4 Å². The fraction of sp³-hybridized carbons (Fsp3) is 0.261. The van der Waals surface area contributed by atoms with Crippen molar-refractivity contribution >= 4 is 23.3 Å². The monoisotopic (exact) mass is 500 g/mol. The van der Waals surface area contributed by atoms with Gasteiger partial charge in [-0.1, -0.05) is 17.3 Å². The number of nitrogens with one attached hydrogen (secondary N) is 1. The lowest BCUT2D eigenvalue weighted by atomic mass is 10.0. The zero-order valence-corrected chi connectivity index (χ0v) is 19.0. The van der Waals surface area contributed by atoms with Gasteiger partial charge in [0, 0.05) is 30.5 Å². The van der Waals surface area contributed by atoms with Crippen LogP contribution in [-0.4, -0.2) is 56.6 Å². The first kappa shape index (κ1) is 23.3. The largest absolute Gasteiger partial charge is 0.453 e. The smallest absolute Gasteiger partial charge is 0.416 e. The molecule has 3 aromatic heterocycles. The van der Waals surface area contributed by atoms with Gasteiger partial charge in [-0.05, 0) is 30.7 Å². The Bertz CT molecular complexity index is 1470. The molecule has 0 atom stereocenters. The minimum atomic E-state index is -4.51. The number of ether oxygens (including phenoxy) is 1. The zero-order chi connectivity index (χ0) is 25.6. The van der Waals surface area contributed by atoms with Crippen LogP contribution in [0.2, 0.25) is 0 Å². The van der Waals surface area contributed by atoms with Gasteiger partial charge in [-0.3, -0.25) is 9.20 Å². The van der Waals surface area contributed by atoms with Crippen LogP contribution in [0.5, 0.6) is 0 Å². The SMILES string of the molecule is COC(=O)N1CC(c2nc(-c3ccc(C)c(NC(=O)c4cnc5cc(C(F)(F)F)ccn45)c3)no2)C1. The van der Waals surface area contributed by atoms with Crippen molar-refractivity contribution in [3.63, 3.8) is 0 Å². The van der Waals surface area contributed by atoms with E-state index < -0.39 is 23.7 Å². The minimum absolute atomic E-state index is 0.00142. The molecular formula is C23H19F3N6O4. The standard InChI is InChI=1S/C23H19F3N6O4/c1-12-3-4-13(19-29-21(36-30-19)14-10-31(11-14)22(34)35-2)7-16(12)28-20(33)17-9-27-18-8-15(23(24,25)26)5-6-32(17)18/h3-9,14H,10-11H2,1-2H3,(H,28,33). The number of rotatable bonds is 4. The molecule has 0 saturated carbocycles. The number of aryl methyl sites for hydroxylation is 1. The van der Waals surface area contributed by atoms with Crippen LogP contribution in [0.1, 0.15) is 33.4 Å². The topological polar surface area (TPSA) is 115 Å². The van der Waals surface area contributed by atoms with Crippen LogP contribution in [-0.2, 0) is 10.9 Å². The van der Waals surface area contributed by atoms with E-state index in [1.54, 1.807) is 25.1 Å². The molecule has 2 amide bonds. The van der Waals surface area contributed by atoms with E-state index in [0.29, 0.717) is 36.1 Å². The lowest BCUT2D eigenvalue weighted by molar-refractivity contribution is -0.137. The maximum Gasteiger partial charge on any atom is 0.416 e. The summed E-state index contributed by atoms with van der Waals surface area (Å²) in [6.45, 7) is 2.61. The summed E-state index contributed by atoms with van der Waals surface area (Å²) in [7, 11) is 1.31. The van der Waals surface area contributed by atoms with Gasteiger partial charge in [0.1, 0.15) is 11.3 Å². The molecule has 4 aromatic rings. The molecule has 1 aromatic carbocycles. The van der Waals surface area contributed by atoms with Crippen LogP contribution in [0.3, 0.4) is 0 Å². The number of fused-ring (bicyclic) bond motifs is 1. The number of halogens is 3. The highest BCUT2D eigenvalue weighted by Crippen LogP contribution is 2.31. The van der Waals surface area contributed by atoms with E-state index in [9.17, 15) is 22.8 Å². The first-order valence-electron chi connectivity index (χ1n) is 10.8. The van der Waals surface area contributed by atoms with E-state index in [-0.39, 0.29) is 17.3 Å². The zero-order valence-electron chi connectivity index (χ0n) is 19.0. The van der Waals surface area contributed by atoms with Crippen LogP contribution in [0.25, 0.3) is 17.0 Å². The quantitative estimate of drug-likeness (QED) is 0.448.